The summed E-state index contributed by atoms with van der Waals surface area (Å²) in [4.78, 5) is 17.7. The van der Waals surface area contributed by atoms with E-state index in [-0.39, 0.29) is 12.0 Å². The highest BCUT2D eigenvalue weighted by molar-refractivity contribution is 7.15. The lowest BCUT2D eigenvalue weighted by Gasteiger charge is -2.07. The zero-order valence-corrected chi connectivity index (χ0v) is 14.4. The first-order valence-corrected chi connectivity index (χ1v) is 8.99. The summed E-state index contributed by atoms with van der Waals surface area (Å²) in [5.74, 6) is -0.273. The molecule has 0 bridgehead atoms. The van der Waals surface area contributed by atoms with Gasteiger partial charge in [0.05, 0.1) is 0 Å². The van der Waals surface area contributed by atoms with Gasteiger partial charge in [-0.3, -0.25) is 10.1 Å². The van der Waals surface area contributed by atoms with Gasteiger partial charge in [-0.1, -0.05) is 66.6 Å². The molecule has 0 saturated heterocycles. The molecular weight excluding hydrogens is 324 g/mol. The molecule has 1 aliphatic rings. The first-order valence-electron chi connectivity index (χ1n) is 8.17. The topological polar surface area (TPSA) is 76.5 Å². The molecule has 126 valence electrons. The van der Waals surface area contributed by atoms with Crippen molar-refractivity contribution < 1.29 is 9.63 Å². The van der Waals surface area contributed by atoms with Crippen LogP contribution in [-0.4, -0.2) is 21.8 Å². The van der Waals surface area contributed by atoms with Crippen LogP contribution in [-0.2, 0) is 16.1 Å². The molecule has 1 atom stereocenters. The van der Waals surface area contributed by atoms with Crippen LogP contribution >= 0.6 is 11.3 Å². The second-order valence-electron chi connectivity index (χ2n) is 5.66. The Morgan fingerprint density at radius 3 is 2.92 bits per heavy atom. The molecule has 0 saturated carbocycles. The highest BCUT2D eigenvalue weighted by Crippen LogP contribution is 2.27. The van der Waals surface area contributed by atoms with E-state index in [1.54, 1.807) is 0 Å². The number of benzene rings is 1. The molecule has 1 aromatic carbocycles. The van der Waals surface area contributed by atoms with Gasteiger partial charge in [0.1, 0.15) is 10.7 Å². The van der Waals surface area contributed by atoms with Crippen LogP contribution in [0.3, 0.4) is 0 Å². The fraction of sp³-hybridized carbons (Fsp3) is 0.412. The summed E-state index contributed by atoms with van der Waals surface area (Å²) >= 11 is 1.42. The fourth-order valence-electron chi connectivity index (χ4n) is 2.46. The van der Waals surface area contributed by atoms with Crippen molar-refractivity contribution in [2.24, 2.45) is 5.16 Å². The summed E-state index contributed by atoms with van der Waals surface area (Å²) in [6, 6.07) is 9.76. The van der Waals surface area contributed by atoms with Crippen LogP contribution in [0, 0.1) is 0 Å². The van der Waals surface area contributed by atoms with Crippen molar-refractivity contribution >= 4 is 28.1 Å². The van der Waals surface area contributed by atoms with E-state index in [1.807, 2.05) is 30.3 Å². The summed E-state index contributed by atoms with van der Waals surface area (Å²) in [7, 11) is 0. The van der Waals surface area contributed by atoms with Crippen LogP contribution in [0.1, 0.15) is 49.3 Å². The highest BCUT2D eigenvalue weighted by Gasteiger charge is 2.27. The van der Waals surface area contributed by atoms with E-state index in [1.165, 1.54) is 24.2 Å². The number of nitrogens with one attached hydrogen (secondary N) is 1. The number of aryl methyl sites for hydroxylation is 1. The third-order valence-electron chi connectivity index (χ3n) is 3.78. The van der Waals surface area contributed by atoms with Gasteiger partial charge in [-0.25, -0.2) is 0 Å². The zero-order valence-electron chi connectivity index (χ0n) is 13.6. The minimum atomic E-state index is -0.273. The molecule has 24 heavy (non-hydrogen) atoms. The maximum Gasteiger partial charge on any atom is 0.275 e. The Balaban J connectivity index is 1.52. The van der Waals surface area contributed by atoms with Crippen molar-refractivity contribution in [2.75, 3.05) is 5.32 Å². The predicted molar refractivity (Wildman–Crippen MR) is 94.1 cm³/mol. The Bertz CT molecular complexity index is 714. The fourth-order valence-corrected chi connectivity index (χ4v) is 3.24. The number of hydrogen-bond acceptors (Lipinski definition) is 6. The molecule has 1 aliphatic heterocycles. The number of carbonyl (C=O) groups is 1. The quantitative estimate of drug-likeness (QED) is 0.777. The van der Waals surface area contributed by atoms with Crippen molar-refractivity contribution in [1.82, 2.24) is 10.2 Å². The molecule has 2 aromatic rings. The van der Waals surface area contributed by atoms with E-state index >= 15 is 0 Å². The van der Waals surface area contributed by atoms with E-state index in [0.717, 1.165) is 23.4 Å². The third-order valence-corrected chi connectivity index (χ3v) is 4.68. The Morgan fingerprint density at radius 1 is 1.29 bits per heavy atom. The summed E-state index contributed by atoms with van der Waals surface area (Å²) in [5, 5.41) is 16.3. The van der Waals surface area contributed by atoms with Gasteiger partial charge in [0.2, 0.25) is 5.13 Å². The summed E-state index contributed by atoms with van der Waals surface area (Å²) in [6.45, 7) is 2.17. The molecule has 0 radical (unpaired) electrons. The lowest BCUT2D eigenvalue weighted by atomic mass is 10.0. The van der Waals surface area contributed by atoms with Crippen molar-refractivity contribution in [1.29, 1.82) is 0 Å². The van der Waals surface area contributed by atoms with Crippen LogP contribution in [0.5, 0.6) is 0 Å². The van der Waals surface area contributed by atoms with Crippen molar-refractivity contribution in [3.8, 4) is 0 Å². The standard InChI is InChI=1S/C17H20N4O2S/c1-2-3-5-10-15-19-20-17(24-15)18-16(22)13-11-14(23-21-13)12-8-6-4-7-9-12/h4,6-9,14H,2-3,5,10-11H2,1H3,(H,18,20,22). The molecule has 1 aromatic heterocycles. The largest absolute Gasteiger partial charge is 0.387 e. The van der Waals surface area contributed by atoms with E-state index in [9.17, 15) is 4.79 Å². The number of anilines is 1. The van der Waals surface area contributed by atoms with E-state index in [0.29, 0.717) is 17.3 Å². The third kappa shape index (κ3) is 4.17. The molecule has 0 fully saturated rings. The minimum Gasteiger partial charge on any atom is -0.387 e. The van der Waals surface area contributed by atoms with Crippen molar-refractivity contribution in [3.05, 3.63) is 40.9 Å². The van der Waals surface area contributed by atoms with Gasteiger partial charge in [0.25, 0.3) is 5.91 Å². The SMILES string of the molecule is CCCCCc1nnc(NC(=O)C2=NOC(c3ccccc3)C2)s1. The maximum absolute atomic E-state index is 12.3. The smallest absolute Gasteiger partial charge is 0.275 e. The predicted octanol–water partition coefficient (Wildman–Crippen LogP) is 3.73. The van der Waals surface area contributed by atoms with Gasteiger partial charge in [0, 0.05) is 12.8 Å². The molecule has 1 unspecified atom stereocenters. The minimum absolute atomic E-state index is 0.203. The second kappa shape index (κ2) is 8.01. The number of unbranched alkanes of at least 4 members (excludes halogenated alkanes) is 2. The second-order valence-corrected chi connectivity index (χ2v) is 6.72. The first-order chi connectivity index (χ1) is 11.8. The molecule has 0 aliphatic carbocycles. The van der Waals surface area contributed by atoms with Gasteiger partial charge in [-0.15, -0.1) is 10.2 Å². The van der Waals surface area contributed by atoms with Crippen LogP contribution in [0.15, 0.2) is 35.5 Å². The monoisotopic (exact) mass is 344 g/mol. The normalized spacial score (nSPS) is 16.5. The molecule has 3 rings (SSSR count). The maximum atomic E-state index is 12.3. The number of nitrogens with zero attached hydrogens (tertiary/aromatic N) is 3. The molecule has 6 nitrogen and oxygen atoms in total. The number of amides is 1. The molecule has 0 spiro atoms. The molecular formula is C17H20N4O2S. The number of carbonyl (C=O) groups excluding carboxylic acids is 1. The highest BCUT2D eigenvalue weighted by atomic mass is 32.1. The van der Waals surface area contributed by atoms with E-state index in [2.05, 4.69) is 27.6 Å². The van der Waals surface area contributed by atoms with E-state index < -0.39 is 0 Å². The van der Waals surface area contributed by atoms with Crippen molar-refractivity contribution in [2.45, 2.75) is 45.1 Å². The number of rotatable bonds is 7. The van der Waals surface area contributed by atoms with Gasteiger partial charge in [-0.2, -0.15) is 0 Å². The first kappa shape index (κ1) is 16.6. The van der Waals surface area contributed by atoms with Crippen molar-refractivity contribution in [3.63, 3.8) is 0 Å². The molecule has 7 heteroatoms. The lowest BCUT2D eigenvalue weighted by molar-refractivity contribution is -0.110. The Morgan fingerprint density at radius 2 is 2.12 bits per heavy atom. The van der Waals surface area contributed by atoms with Gasteiger partial charge in [0.15, 0.2) is 6.10 Å². The number of aromatic nitrogens is 2. The molecule has 1 amide bonds. The average molecular weight is 344 g/mol. The van der Waals surface area contributed by atoms with Gasteiger partial charge in [-0.05, 0) is 12.0 Å². The molecule has 2 heterocycles. The number of hydrogen-bond donors (Lipinski definition) is 1. The Kier molecular flexibility index (Phi) is 5.53. The van der Waals surface area contributed by atoms with Crippen LogP contribution < -0.4 is 5.32 Å². The average Bonchev–Trinajstić information content (AvgIpc) is 3.26. The summed E-state index contributed by atoms with van der Waals surface area (Å²) < 4.78 is 0. The van der Waals surface area contributed by atoms with Crippen LogP contribution in [0.2, 0.25) is 0 Å². The molecule has 1 N–H and O–H groups in total. The van der Waals surface area contributed by atoms with Gasteiger partial charge < -0.3 is 4.84 Å². The number of oxime groups is 1. The van der Waals surface area contributed by atoms with E-state index in [4.69, 9.17) is 4.84 Å². The Labute approximate surface area is 144 Å². The zero-order chi connectivity index (χ0) is 16.8. The summed E-state index contributed by atoms with van der Waals surface area (Å²) in [5.41, 5.74) is 1.39. The van der Waals surface area contributed by atoms with Crippen LogP contribution in [0.4, 0.5) is 5.13 Å². The summed E-state index contributed by atoms with van der Waals surface area (Å²) in [6.07, 6.45) is 4.60. The lowest BCUT2D eigenvalue weighted by Crippen LogP contribution is -2.21. The van der Waals surface area contributed by atoms with Gasteiger partial charge >= 0.3 is 0 Å². The Hall–Kier alpha value is -2.28. The van der Waals surface area contributed by atoms with Crippen LogP contribution in [0.25, 0.3) is 0 Å².